The predicted octanol–water partition coefficient (Wildman–Crippen LogP) is 3.56. The van der Waals surface area contributed by atoms with E-state index in [2.05, 4.69) is 4.90 Å². The molecule has 1 saturated heterocycles. The molecule has 0 aliphatic carbocycles. The predicted molar refractivity (Wildman–Crippen MR) is 140 cm³/mol. The maximum atomic E-state index is 13.7. The molecule has 0 unspecified atom stereocenters. The van der Waals surface area contributed by atoms with Gasteiger partial charge >= 0.3 is 0 Å². The molecular formula is C27H28ClN5O3. The van der Waals surface area contributed by atoms with Crippen LogP contribution < -0.4 is 20.9 Å². The Kier molecular flexibility index (Phi) is 6.80. The summed E-state index contributed by atoms with van der Waals surface area (Å²) in [5, 5.41) is 5.41. The number of methoxy groups -OCH3 is 1. The Morgan fingerprint density at radius 1 is 1.17 bits per heavy atom. The molecular weight excluding hydrogens is 478 g/mol. The number of benzene rings is 2. The Hall–Kier alpha value is -3.62. The molecule has 1 fully saturated rings. The van der Waals surface area contributed by atoms with Gasteiger partial charge in [0, 0.05) is 48.5 Å². The molecule has 1 atom stereocenters. The van der Waals surface area contributed by atoms with Crippen LogP contribution in [0.1, 0.15) is 34.3 Å². The van der Waals surface area contributed by atoms with Gasteiger partial charge in [-0.15, -0.1) is 5.10 Å². The van der Waals surface area contributed by atoms with E-state index in [1.54, 1.807) is 41.2 Å². The minimum Gasteiger partial charge on any atom is -0.496 e. The normalized spacial score (nSPS) is 15.9. The molecule has 0 saturated carbocycles. The Bertz CT molecular complexity index is 1480. The average molecular weight is 506 g/mol. The molecule has 4 aromatic rings. The molecule has 0 bridgehead atoms. The van der Waals surface area contributed by atoms with Gasteiger partial charge in [0.15, 0.2) is 11.6 Å². The lowest BCUT2D eigenvalue weighted by molar-refractivity contribution is 0.0968. The van der Waals surface area contributed by atoms with E-state index in [4.69, 9.17) is 27.2 Å². The second-order valence-electron chi connectivity index (χ2n) is 9.07. The van der Waals surface area contributed by atoms with Crippen molar-refractivity contribution in [3.8, 4) is 5.75 Å². The fourth-order valence-corrected chi connectivity index (χ4v) is 5.03. The number of nitrogens with zero attached hydrogens (tertiary/aromatic N) is 4. The highest BCUT2D eigenvalue weighted by atomic mass is 35.5. The van der Waals surface area contributed by atoms with Gasteiger partial charge in [-0.3, -0.25) is 9.59 Å². The summed E-state index contributed by atoms with van der Waals surface area (Å²) in [7, 11) is 1.52. The highest BCUT2D eigenvalue weighted by Crippen LogP contribution is 2.29. The standard InChI is InChI=1S/C27H28ClN5O3/c1-36-24-11-5-3-9-20(24)23(34)17-32-13-14-33-25(27(32)35)21(15-18-7-2-4-10-22(18)28)26(30-33)31-12-6-8-19(29)16-31/h2-5,7,9-11,13-14,19H,6,8,12,15-17,29H2,1H3/t19-/m1/s1. The highest BCUT2D eigenvalue weighted by Gasteiger charge is 2.26. The highest BCUT2D eigenvalue weighted by molar-refractivity contribution is 6.31. The van der Waals surface area contributed by atoms with E-state index in [0.717, 1.165) is 36.3 Å². The number of Topliss-reactive ketones (excluding diaryl/α,β-unsaturated/α-hetero) is 1. The maximum Gasteiger partial charge on any atom is 0.277 e. The van der Waals surface area contributed by atoms with E-state index in [1.165, 1.54) is 11.7 Å². The third-order valence-corrected chi connectivity index (χ3v) is 7.01. The van der Waals surface area contributed by atoms with Gasteiger partial charge in [-0.05, 0) is 36.6 Å². The van der Waals surface area contributed by atoms with Gasteiger partial charge < -0.3 is 19.9 Å². The molecule has 2 N–H and O–H groups in total. The molecule has 3 heterocycles. The van der Waals surface area contributed by atoms with E-state index in [1.807, 2.05) is 24.3 Å². The van der Waals surface area contributed by atoms with E-state index in [0.29, 0.717) is 34.8 Å². The van der Waals surface area contributed by atoms with Crippen molar-refractivity contribution in [1.82, 2.24) is 14.2 Å². The number of piperidine rings is 1. The van der Waals surface area contributed by atoms with Gasteiger partial charge in [0.1, 0.15) is 11.3 Å². The summed E-state index contributed by atoms with van der Waals surface area (Å²) in [5.41, 5.74) is 8.51. The quantitative estimate of drug-likeness (QED) is 0.386. The number of anilines is 1. The van der Waals surface area contributed by atoms with Gasteiger partial charge in [0.25, 0.3) is 5.56 Å². The molecule has 36 heavy (non-hydrogen) atoms. The molecule has 0 amide bonds. The second kappa shape index (κ2) is 10.2. The summed E-state index contributed by atoms with van der Waals surface area (Å²) in [4.78, 5) is 29.0. The molecule has 1 aliphatic rings. The third kappa shape index (κ3) is 4.62. The van der Waals surface area contributed by atoms with Crippen molar-refractivity contribution in [2.75, 3.05) is 25.1 Å². The molecule has 1 aliphatic heterocycles. The number of rotatable bonds is 7. The minimum absolute atomic E-state index is 0.0480. The van der Waals surface area contributed by atoms with Crippen LogP contribution in [0.3, 0.4) is 0 Å². The van der Waals surface area contributed by atoms with Crippen molar-refractivity contribution in [2.24, 2.45) is 5.73 Å². The van der Waals surface area contributed by atoms with E-state index < -0.39 is 0 Å². The number of nitrogens with two attached hydrogens (primary N) is 1. The van der Waals surface area contributed by atoms with Crippen LogP contribution in [0.15, 0.2) is 65.7 Å². The van der Waals surface area contributed by atoms with Crippen molar-refractivity contribution < 1.29 is 9.53 Å². The summed E-state index contributed by atoms with van der Waals surface area (Å²) < 4.78 is 8.36. The number of ether oxygens (including phenoxy) is 1. The maximum absolute atomic E-state index is 13.7. The van der Waals surface area contributed by atoms with Crippen LogP contribution in [0.2, 0.25) is 5.02 Å². The van der Waals surface area contributed by atoms with Crippen LogP contribution in [0.5, 0.6) is 5.75 Å². The summed E-state index contributed by atoms with van der Waals surface area (Å²) in [6.07, 6.45) is 5.67. The lowest BCUT2D eigenvalue weighted by Crippen LogP contribution is -2.43. The van der Waals surface area contributed by atoms with Crippen LogP contribution in [0.25, 0.3) is 5.52 Å². The van der Waals surface area contributed by atoms with Crippen molar-refractivity contribution in [2.45, 2.75) is 31.8 Å². The number of carbonyl (C=O) groups is 1. The van der Waals surface area contributed by atoms with Crippen LogP contribution in [0, 0.1) is 0 Å². The second-order valence-corrected chi connectivity index (χ2v) is 9.47. The summed E-state index contributed by atoms with van der Waals surface area (Å²) in [5.74, 6) is 0.994. The number of hydrogen-bond acceptors (Lipinski definition) is 6. The number of fused-ring (bicyclic) bond motifs is 1. The minimum atomic E-state index is -0.289. The van der Waals surface area contributed by atoms with Crippen molar-refractivity contribution in [3.63, 3.8) is 0 Å². The van der Waals surface area contributed by atoms with Crippen LogP contribution in [-0.2, 0) is 13.0 Å². The van der Waals surface area contributed by atoms with Crippen LogP contribution in [-0.4, -0.2) is 46.2 Å². The average Bonchev–Trinajstić information content (AvgIpc) is 3.26. The number of ketones is 1. The monoisotopic (exact) mass is 505 g/mol. The molecule has 0 radical (unpaired) electrons. The first-order chi connectivity index (χ1) is 17.5. The number of carbonyl (C=O) groups excluding carboxylic acids is 1. The van der Waals surface area contributed by atoms with Crippen molar-refractivity contribution in [1.29, 1.82) is 0 Å². The van der Waals surface area contributed by atoms with Gasteiger partial charge in [-0.2, -0.15) is 0 Å². The number of aromatic nitrogens is 3. The van der Waals surface area contributed by atoms with Crippen molar-refractivity contribution >= 4 is 28.7 Å². The Labute approximate surface area is 213 Å². The number of hydrogen-bond donors (Lipinski definition) is 1. The zero-order valence-electron chi connectivity index (χ0n) is 20.1. The molecule has 8 nitrogen and oxygen atoms in total. The molecule has 2 aromatic carbocycles. The Morgan fingerprint density at radius 3 is 2.72 bits per heavy atom. The molecule has 0 spiro atoms. The van der Waals surface area contributed by atoms with Gasteiger partial charge in [0.2, 0.25) is 0 Å². The molecule has 9 heteroatoms. The molecule has 2 aromatic heterocycles. The largest absolute Gasteiger partial charge is 0.496 e. The zero-order valence-corrected chi connectivity index (χ0v) is 20.8. The van der Waals surface area contributed by atoms with E-state index in [-0.39, 0.29) is 23.9 Å². The molecule has 186 valence electrons. The Balaban J connectivity index is 1.60. The fraction of sp³-hybridized carbons (Fsp3) is 0.296. The van der Waals surface area contributed by atoms with Gasteiger partial charge in [-0.25, -0.2) is 4.52 Å². The van der Waals surface area contributed by atoms with Crippen LogP contribution >= 0.6 is 11.6 Å². The SMILES string of the molecule is COc1ccccc1C(=O)Cn1ccn2nc(N3CCC[C@@H](N)C3)c(Cc3ccccc3Cl)c2c1=O. The van der Waals surface area contributed by atoms with Crippen molar-refractivity contribution in [3.05, 3.63) is 93.0 Å². The summed E-state index contributed by atoms with van der Waals surface area (Å²) >= 11 is 6.49. The Morgan fingerprint density at radius 2 is 1.94 bits per heavy atom. The number of para-hydroxylation sites is 1. The van der Waals surface area contributed by atoms with Crippen LogP contribution in [0.4, 0.5) is 5.82 Å². The third-order valence-electron chi connectivity index (χ3n) is 6.64. The van der Waals surface area contributed by atoms with E-state index in [9.17, 15) is 9.59 Å². The first-order valence-corrected chi connectivity index (χ1v) is 12.3. The molecule has 5 rings (SSSR count). The number of halogens is 1. The smallest absolute Gasteiger partial charge is 0.277 e. The summed E-state index contributed by atoms with van der Waals surface area (Å²) in [6.45, 7) is 1.36. The van der Waals surface area contributed by atoms with Gasteiger partial charge in [-0.1, -0.05) is 41.9 Å². The topological polar surface area (TPSA) is 94.9 Å². The lowest BCUT2D eigenvalue weighted by atomic mass is 10.0. The first-order valence-electron chi connectivity index (χ1n) is 12.0. The fourth-order valence-electron chi connectivity index (χ4n) is 4.83. The lowest BCUT2D eigenvalue weighted by Gasteiger charge is -2.31. The zero-order chi connectivity index (χ0) is 25.2. The van der Waals surface area contributed by atoms with Gasteiger partial charge in [0.05, 0.1) is 19.2 Å². The first kappa shape index (κ1) is 24.1. The van der Waals surface area contributed by atoms with E-state index >= 15 is 0 Å². The summed E-state index contributed by atoms with van der Waals surface area (Å²) in [6, 6.07) is 14.6.